The smallest absolute Gasteiger partial charge is 0.262 e. The van der Waals surface area contributed by atoms with Crippen LogP contribution < -0.4 is 15.4 Å². The average molecular weight is 335 g/mol. The lowest BCUT2D eigenvalue weighted by molar-refractivity contribution is -0.118. The standard InChI is InChI=1S/C20H21N3O2/c1-12-4-3-5-17-16(12)9-15(22-17)10-21-13(2)14-6-7-19-18(8-14)23-20(24)11-25-19/h3-9,13,21-22H,10-11H2,1-2H3,(H,23,24). The van der Waals surface area contributed by atoms with Gasteiger partial charge in [-0.1, -0.05) is 18.2 Å². The Hall–Kier alpha value is -2.79. The first kappa shape index (κ1) is 15.7. The summed E-state index contributed by atoms with van der Waals surface area (Å²) in [4.78, 5) is 14.9. The van der Waals surface area contributed by atoms with Crippen molar-refractivity contribution in [3.8, 4) is 5.75 Å². The average Bonchev–Trinajstić information content (AvgIpc) is 3.03. The summed E-state index contributed by atoms with van der Waals surface area (Å²) in [6.45, 7) is 5.07. The van der Waals surface area contributed by atoms with Crippen molar-refractivity contribution in [2.45, 2.75) is 26.4 Å². The second kappa shape index (κ2) is 6.26. The summed E-state index contributed by atoms with van der Waals surface area (Å²) in [6, 6.07) is 14.6. The van der Waals surface area contributed by atoms with Gasteiger partial charge in [-0.15, -0.1) is 0 Å². The van der Waals surface area contributed by atoms with Gasteiger partial charge in [0.25, 0.3) is 5.91 Å². The van der Waals surface area contributed by atoms with E-state index < -0.39 is 0 Å². The highest BCUT2D eigenvalue weighted by molar-refractivity contribution is 5.95. The molecule has 1 aliphatic rings. The molecule has 5 heteroatoms. The van der Waals surface area contributed by atoms with Gasteiger partial charge in [0, 0.05) is 29.2 Å². The molecule has 2 heterocycles. The third kappa shape index (κ3) is 3.10. The molecule has 1 aromatic heterocycles. The minimum Gasteiger partial charge on any atom is -0.482 e. The fraction of sp³-hybridized carbons (Fsp3) is 0.250. The molecule has 1 amide bonds. The van der Waals surface area contributed by atoms with Crippen LogP contribution in [0.25, 0.3) is 10.9 Å². The number of rotatable bonds is 4. The van der Waals surface area contributed by atoms with Crippen molar-refractivity contribution in [2.24, 2.45) is 0 Å². The second-order valence-electron chi connectivity index (χ2n) is 6.53. The van der Waals surface area contributed by atoms with E-state index in [-0.39, 0.29) is 18.6 Å². The number of fused-ring (bicyclic) bond motifs is 2. The van der Waals surface area contributed by atoms with Crippen LogP contribution in [0.2, 0.25) is 0 Å². The molecule has 0 spiro atoms. The van der Waals surface area contributed by atoms with Gasteiger partial charge < -0.3 is 20.4 Å². The largest absolute Gasteiger partial charge is 0.482 e. The molecule has 25 heavy (non-hydrogen) atoms. The third-order valence-corrected chi connectivity index (χ3v) is 4.67. The zero-order valence-corrected chi connectivity index (χ0v) is 14.3. The Morgan fingerprint density at radius 1 is 1.24 bits per heavy atom. The van der Waals surface area contributed by atoms with Gasteiger partial charge in [-0.2, -0.15) is 0 Å². The number of carbonyl (C=O) groups excluding carboxylic acids is 1. The van der Waals surface area contributed by atoms with Crippen LogP contribution >= 0.6 is 0 Å². The summed E-state index contributed by atoms with van der Waals surface area (Å²) in [6.07, 6.45) is 0. The van der Waals surface area contributed by atoms with Gasteiger partial charge in [0.2, 0.25) is 0 Å². The van der Waals surface area contributed by atoms with Crippen LogP contribution in [0, 0.1) is 6.92 Å². The molecular weight excluding hydrogens is 314 g/mol. The van der Waals surface area contributed by atoms with E-state index in [1.165, 1.54) is 10.9 Å². The molecule has 2 aromatic carbocycles. The van der Waals surface area contributed by atoms with Crippen molar-refractivity contribution in [2.75, 3.05) is 11.9 Å². The number of benzene rings is 2. The molecular formula is C20H21N3O2. The summed E-state index contributed by atoms with van der Waals surface area (Å²) in [7, 11) is 0. The number of hydrogen-bond acceptors (Lipinski definition) is 3. The second-order valence-corrected chi connectivity index (χ2v) is 6.53. The molecule has 0 bridgehead atoms. The summed E-state index contributed by atoms with van der Waals surface area (Å²) in [5.74, 6) is 0.611. The van der Waals surface area contributed by atoms with Crippen LogP contribution in [-0.2, 0) is 11.3 Å². The van der Waals surface area contributed by atoms with Crippen LogP contribution in [0.15, 0.2) is 42.5 Å². The van der Waals surface area contributed by atoms with E-state index in [1.807, 2.05) is 18.2 Å². The Kier molecular flexibility index (Phi) is 3.93. The minimum atomic E-state index is -0.112. The van der Waals surface area contributed by atoms with Gasteiger partial charge in [0.1, 0.15) is 5.75 Å². The Labute approximate surface area is 146 Å². The van der Waals surface area contributed by atoms with Gasteiger partial charge in [-0.05, 0) is 49.2 Å². The molecule has 5 nitrogen and oxygen atoms in total. The van der Waals surface area contributed by atoms with E-state index in [9.17, 15) is 4.79 Å². The monoisotopic (exact) mass is 335 g/mol. The summed E-state index contributed by atoms with van der Waals surface area (Å²) in [5.41, 5.74) is 5.45. The number of carbonyl (C=O) groups is 1. The molecule has 0 aliphatic carbocycles. The van der Waals surface area contributed by atoms with Crippen molar-refractivity contribution in [3.05, 3.63) is 59.3 Å². The molecule has 0 saturated carbocycles. The summed E-state index contributed by atoms with van der Waals surface area (Å²) in [5, 5.41) is 7.65. The Morgan fingerprint density at radius 2 is 2.12 bits per heavy atom. The van der Waals surface area contributed by atoms with Crippen molar-refractivity contribution in [1.82, 2.24) is 10.3 Å². The lowest BCUT2D eigenvalue weighted by atomic mass is 10.1. The number of nitrogens with one attached hydrogen (secondary N) is 3. The van der Waals surface area contributed by atoms with Crippen LogP contribution in [0.3, 0.4) is 0 Å². The zero-order valence-electron chi connectivity index (χ0n) is 14.3. The Balaban J connectivity index is 1.48. The first-order chi connectivity index (χ1) is 12.1. The molecule has 1 unspecified atom stereocenters. The quantitative estimate of drug-likeness (QED) is 0.682. The fourth-order valence-corrected chi connectivity index (χ4v) is 3.21. The first-order valence-electron chi connectivity index (χ1n) is 8.47. The van der Waals surface area contributed by atoms with E-state index in [4.69, 9.17) is 4.74 Å². The molecule has 1 atom stereocenters. The highest BCUT2D eigenvalue weighted by Crippen LogP contribution is 2.30. The summed E-state index contributed by atoms with van der Waals surface area (Å²) >= 11 is 0. The lowest BCUT2D eigenvalue weighted by Gasteiger charge is -2.20. The topological polar surface area (TPSA) is 66.2 Å². The number of aromatic nitrogens is 1. The van der Waals surface area contributed by atoms with E-state index in [2.05, 4.69) is 53.7 Å². The highest BCUT2D eigenvalue weighted by atomic mass is 16.5. The van der Waals surface area contributed by atoms with Crippen LogP contribution in [0.5, 0.6) is 5.75 Å². The van der Waals surface area contributed by atoms with Gasteiger partial charge in [-0.25, -0.2) is 0 Å². The fourth-order valence-electron chi connectivity index (χ4n) is 3.21. The van der Waals surface area contributed by atoms with Gasteiger partial charge in [0.15, 0.2) is 6.61 Å². The summed E-state index contributed by atoms with van der Waals surface area (Å²) < 4.78 is 5.41. The third-order valence-electron chi connectivity index (χ3n) is 4.67. The lowest BCUT2D eigenvalue weighted by Crippen LogP contribution is -2.26. The Bertz CT molecular complexity index is 945. The van der Waals surface area contributed by atoms with E-state index in [1.54, 1.807) is 0 Å². The van der Waals surface area contributed by atoms with Crippen molar-refractivity contribution in [1.29, 1.82) is 0 Å². The number of anilines is 1. The zero-order chi connectivity index (χ0) is 17.4. The van der Waals surface area contributed by atoms with E-state index in [0.29, 0.717) is 0 Å². The SMILES string of the molecule is Cc1cccc2[nH]c(CNC(C)c3ccc4c(c3)NC(=O)CO4)cc12. The van der Waals surface area contributed by atoms with Crippen molar-refractivity contribution < 1.29 is 9.53 Å². The maximum Gasteiger partial charge on any atom is 0.262 e. The molecule has 0 saturated heterocycles. The van der Waals surface area contributed by atoms with Crippen molar-refractivity contribution >= 4 is 22.5 Å². The van der Waals surface area contributed by atoms with Crippen LogP contribution in [0.4, 0.5) is 5.69 Å². The van der Waals surface area contributed by atoms with Crippen LogP contribution in [-0.4, -0.2) is 17.5 Å². The first-order valence-corrected chi connectivity index (χ1v) is 8.47. The normalized spacial score (nSPS) is 14.7. The van der Waals surface area contributed by atoms with E-state index in [0.717, 1.165) is 34.8 Å². The predicted molar refractivity (Wildman–Crippen MR) is 98.9 cm³/mol. The molecule has 1 aliphatic heterocycles. The van der Waals surface area contributed by atoms with Gasteiger partial charge in [-0.3, -0.25) is 4.79 Å². The number of amides is 1. The maximum absolute atomic E-state index is 11.5. The molecule has 3 aromatic rings. The number of H-pyrrole nitrogens is 1. The molecule has 0 radical (unpaired) electrons. The highest BCUT2D eigenvalue weighted by Gasteiger charge is 2.17. The molecule has 128 valence electrons. The molecule has 3 N–H and O–H groups in total. The van der Waals surface area contributed by atoms with Gasteiger partial charge >= 0.3 is 0 Å². The number of hydrogen-bond donors (Lipinski definition) is 3. The minimum absolute atomic E-state index is 0.0833. The molecule has 4 rings (SSSR count). The maximum atomic E-state index is 11.5. The number of aromatic amines is 1. The number of aryl methyl sites for hydroxylation is 1. The Morgan fingerprint density at radius 3 is 2.96 bits per heavy atom. The van der Waals surface area contributed by atoms with E-state index >= 15 is 0 Å². The van der Waals surface area contributed by atoms with Crippen LogP contribution in [0.1, 0.15) is 29.8 Å². The number of ether oxygens (including phenoxy) is 1. The predicted octanol–water partition coefficient (Wildman–Crippen LogP) is 3.66. The van der Waals surface area contributed by atoms with Gasteiger partial charge in [0.05, 0.1) is 5.69 Å². The van der Waals surface area contributed by atoms with Crippen molar-refractivity contribution in [3.63, 3.8) is 0 Å². The molecule has 0 fully saturated rings.